The Labute approximate surface area is 95.0 Å². The molecule has 1 amide bonds. The number of carbonyl (C=O) groups excluding carboxylic acids is 1. The Morgan fingerprint density at radius 1 is 1.67 bits per heavy atom. The first-order chi connectivity index (χ1) is 7.15. The molecule has 0 radical (unpaired) electrons. The first-order valence-electron chi connectivity index (χ1n) is 5.16. The number of carbonyl (C=O) groups is 1. The minimum absolute atomic E-state index is 0.0257. The lowest BCUT2D eigenvalue weighted by molar-refractivity contribution is -0.118. The fraction of sp³-hybridized carbons (Fsp3) is 0.417. The van der Waals surface area contributed by atoms with Gasteiger partial charge in [0.15, 0.2) is 0 Å². The lowest BCUT2D eigenvalue weighted by Gasteiger charge is -2.12. The summed E-state index contributed by atoms with van der Waals surface area (Å²) in [5.74, 6) is 0.0257. The van der Waals surface area contributed by atoms with Gasteiger partial charge in [0.05, 0.1) is 6.04 Å². The standard InChI is InChI=1S/C12H17NOS/c1-4-6-9(2)12(14)13-10(3)11-7-5-8-15-11/h5-8,10H,4H2,1-3H3,(H,13,14). The van der Waals surface area contributed by atoms with E-state index in [1.807, 2.05) is 44.4 Å². The molecule has 82 valence electrons. The highest BCUT2D eigenvalue weighted by molar-refractivity contribution is 7.10. The Bertz CT molecular complexity index is 341. The van der Waals surface area contributed by atoms with Crippen LogP contribution in [0.25, 0.3) is 0 Å². The molecule has 0 spiro atoms. The highest BCUT2D eigenvalue weighted by atomic mass is 32.1. The number of allylic oxidation sites excluding steroid dienone is 1. The Morgan fingerprint density at radius 3 is 2.93 bits per heavy atom. The minimum Gasteiger partial charge on any atom is -0.345 e. The number of amides is 1. The van der Waals surface area contributed by atoms with Crippen molar-refractivity contribution in [1.29, 1.82) is 0 Å². The minimum atomic E-state index is 0.0257. The second kappa shape index (κ2) is 5.71. The summed E-state index contributed by atoms with van der Waals surface area (Å²) in [6.07, 6.45) is 2.84. The topological polar surface area (TPSA) is 29.1 Å². The van der Waals surface area contributed by atoms with Crippen LogP contribution < -0.4 is 5.32 Å². The van der Waals surface area contributed by atoms with Gasteiger partial charge in [0.25, 0.3) is 0 Å². The SMILES string of the molecule is CCC=C(C)C(=O)NC(C)c1cccs1. The maximum absolute atomic E-state index is 11.7. The zero-order valence-electron chi connectivity index (χ0n) is 9.41. The van der Waals surface area contributed by atoms with E-state index in [1.54, 1.807) is 11.3 Å². The maximum Gasteiger partial charge on any atom is 0.247 e. The van der Waals surface area contributed by atoms with E-state index < -0.39 is 0 Å². The Kier molecular flexibility index (Phi) is 4.56. The predicted octanol–water partition coefficient (Wildman–Crippen LogP) is 3.28. The van der Waals surface area contributed by atoms with E-state index in [0.717, 1.165) is 12.0 Å². The number of nitrogens with one attached hydrogen (secondary N) is 1. The monoisotopic (exact) mass is 223 g/mol. The van der Waals surface area contributed by atoms with Gasteiger partial charge in [-0.25, -0.2) is 0 Å². The predicted molar refractivity (Wildman–Crippen MR) is 64.9 cm³/mol. The van der Waals surface area contributed by atoms with Gasteiger partial charge in [-0.2, -0.15) is 0 Å². The highest BCUT2D eigenvalue weighted by Gasteiger charge is 2.10. The number of hydrogen-bond donors (Lipinski definition) is 1. The van der Waals surface area contributed by atoms with Crippen LogP contribution in [0.4, 0.5) is 0 Å². The fourth-order valence-corrected chi connectivity index (χ4v) is 2.05. The van der Waals surface area contributed by atoms with Gasteiger partial charge < -0.3 is 5.32 Å². The Balaban J connectivity index is 2.56. The molecular formula is C12H17NOS. The molecule has 0 aliphatic rings. The molecule has 1 rings (SSSR count). The molecule has 0 fully saturated rings. The molecule has 0 saturated carbocycles. The van der Waals surface area contributed by atoms with E-state index in [0.29, 0.717) is 0 Å². The van der Waals surface area contributed by atoms with Crippen LogP contribution in [0.2, 0.25) is 0 Å². The van der Waals surface area contributed by atoms with Gasteiger partial charge in [0.1, 0.15) is 0 Å². The molecule has 3 heteroatoms. The zero-order chi connectivity index (χ0) is 11.3. The largest absolute Gasteiger partial charge is 0.345 e. The summed E-state index contributed by atoms with van der Waals surface area (Å²) in [7, 11) is 0. The molecule has 0 saturated heterocycles. The zero-order valence-corrected chi connectivity index (χ0v) is 10.2. The first-order valence-corrected chi connectivity index (χ1v) is 6.04. The van der Waals surface area contributed by atoms with E-state index >= 15 is 0 Å². The third-order valence-electron chi connectivity index (χ3n) is 2.19. The van der Waals surface area contributed by atoms with Gasteiger partial charge in [-0.15, -0.1) is 11.3 Å². The van der Waals surface area contributed by atoms with Crippen molar-refractivity contribution in [1.82, 2.24) is 5.32 Å². The molecule has 1 N–H and O–H groups in total. The molecule has 2 nitrogen and oxygen atoms in total. The van der Waals surface area contributed by atoms with Crippen molar-refractivity contribution in [3.63, 3.8) is 0 Å². The lowest BCUT2D eigenvalue weighted by atomic mass is 10.2. The summed E-state index contributed by atoms with van der Waals surface area (Å²) in [6.45, 7) is 5.88. The van der Waals surface area contributed by atoms with Gasteiger partial charge in [0.2, 0.25) is 5.91 Å². The van der Waals surface area contributed by atoms with E-state index in [2.05, 4.69) is 5.32 Å². The second-order valence-electron chi connectivity index (χ2n) is 3.51. The van der Waals surface area contributed by atoms with Crippen LogP contribution in [0.3, 0.4) is 0 Å². The normalized spacial score (nSPS) is 13.7. The van der Waals surface area contributed by atoms with Gasteiger partial charge in [-0.1, -0.05) is 19.1 Å². The molecule has 0 aliphatic heterocycles. The average molecular weight is 223 g/mol. The Morgan fingerprint density at radius 2 is 2.40 bits per heavy atom. The van der Waals surface area contributed by atoms with Gasteiger partial charge in [-0.3, -0.25) is 4.79 Å². The van der Waals surface area contributed by atoms with E-state index in [-0.39, 0.29) is 11.9 Å². The van der Waals surface area contributed by atoms with Crippen LogP contribution in [0.1, 0.15) is 38.1 Å². The van der Waals surface area contributed by atoms with Gasteiger partial charge >= 0.3 is 0 Å². The maximum atomic E-state index is 11.7. The molecule has 0 bridgehead atoms. The van der Waals surface area contributed by atoms with Crippen molar-refractivity contribution < 1.29 is 4.79 Å². The van der Waals surface area contributed by atoms with Crippen LogP contribution in [0.5, 0.6) is 0 Å². The van der Waals surface area contributed by atoms with Crippen molar-refractivity contribution in [2.45, 2.75) is 33.2 Å². The molecule has 0 aliphatic carbocycles. The third-order valence-corrected chi connectivity index (χ3v) is 3.24. The quantitative estimate of drug-likeness (QED) is 0.780. The van der Waals surface area contributed by atoms with Gasteiger partial charge in [-0.05, 0) is 31.7 Å². The first kappa shape index (κ1) is 12.0. The summed E-state index contributed by atoms with van der Waals surface area (Å²) < 4.78 is 0. The average Bonchev–Trinajstić information content (AvgIpc) is 2.70. The fourth-order valence-electron chi connectivity index (χ4n) is 1.32. The summed E-state index contributed by atoms with van der Waals surface area (Å²) in [5.41, 5.74) is 0.793. The summed E-state index contributed by atoms with van der Waals surface area (Å²) >= 11 is 1.66. The van der Waals surface area contributed by atoms with E-state index in [4.69, 9.17) is 0 Å². The van der Waals surface area contributed by atoms with Crippen LogP contribution in [0.15, 0.2) is 29.2 Å². The highest BCUT2D eigenvalue weighted by Crippen LogP contribution is 2.18. The molecule has 1 atom stereocenters. The van der Waals surface area contributed by atoms with Gasteiger partial charge in [0, 0.05) is 10.5 Å². The van der Waals surface area contributed by atoms with Crippen LogP contribution >= 0.6 is 11.3 Å². The molecule has 1 aromatic rings. The lowest BCUT2D eigenvalue weighted by Crippen LogP contribution is -2.26. The molecule has 1 aromatic heterocycles. The van der Waals surface area contributed by atoms with Crippen molar-refractivity contribution in [2.24, 2.45) is 0 Å². The smallest absolute Gasteiger partial charge is 0.247 e. The number of rotatable bonds is 4. The number of thiophene rings is 1. The summed E-state index contributed by atoms with van der Waals surface area (Å²) in [4.78, 5) is 12.9. The Hall–Kier alpha value is -1.09. The van der Waals surface area contributed by atoms with Crippen LogP contribution in [-0.4, -0.2) is 5.91 Å². The van der Waals surface area contributed by atoms with Crippen molar-refractivity contribution in [2.75, 3.05) is 0 Å². The van der Waals surface area contributed by atoms with Crippen LogP contribution in [0, 0.1) is 0 Å². The van der Waals surface area contributed by atoms with Crippen LogP contribution in [-0.2, 0) is 4.79 Å². The molecule has 1 heterocycles. The third kappa shape index (κ3) is 3.51. The molecular weight excluding hydrogens is 206 g/mol. The molecule has 0 aromatic carbocycles. The van der Waals surface area contributed by atoms with E-state index in [1.165, 1.54) is 4.88 Å². The number of hydrogen-bond acceptors (Lipinski definition) is 2. The van der Waals surface area contributed by atoms with Crippen molar-refractivity contribution in [3.8, 4) is 0 Å². The van der Waals surface area contributed by atoms with Crippen molar-refractivity contribution in [3.05, 3.63) is 34.0 Å². The van der Waals surface area contributed by atoms with Crippen molar-refractivity contribution >= 4 is 17.2 Å². The summed E-state index contributed by atoms with van der Waals surface area (Å²) in [6, 6.07) is 4.13. The second-order valence-corrected chi connectivity index (χ2v) is 4.49. The molecule has 15 heavy (non-hydrogen) atoms. The molecule has 1 unspecified atom stereocenters. The summed E-state index contributed by atoms with van der Waals surface area (Å²) in [5, 5.41) is 4.99. The van der Waals surface area contributed by atoms with E-state index in [9.17, 15) is 4.79 Å².